The molecule has 2 aromatic carbocycles. The number of amides is 1. The third kappa shape index (κ3) is 3.46. The van der Waals surface area contributed by atoms with Gasteiger partial charge >= 0.3 is 0 Å². The molecule has 0 saturated heterocycles. The summed E-state index contributed by atoms with van der Waals surface area (Å²) in [6.45, 7) is 0.654. The molecule has 0 spiro atoms. The molecule has 0 bridgehead atoms. The number of carbonyl (C=O) groups excluding carboxylic acids is 1. The van der Waals surface area contributed by atoms with Crippen molar-refractivity contribution in [1.82, 2.24) is 5.32 Å². The van der Waals surface area contributed by atoms with Crippen molar-refractivity contribution in [3.05, 3.63) is 57.6 Å². The zero-order valence-corrected chi connectivity index (χ0v) is 13.1. The van der Waals surface area contributed by atoms with Crippen molar-refractivity contribution in [1.29, 1.82) is 0 Å². The van der Waals surface area contributed by atoms with E-state index < -0.39 is 0 Å². The Morgan fingerprint density at radius 3 is 2.73 bits per heavy atom. The lowest BCUT2D eigenvalue weighted by Crippen LogP contribution is -2.24. The molecule has 0 atom stereocenters. The average Bonchev–Trinajstić information content (AvgIpc) is 2.95. The SMILES string of the molecule is O=C(Cc1ccc(Cl)cc1Cl)NCc1ccc2c(c1)OCO2. The van der Waals surface area contributed by atoms with Crippen LogP contribution in [0.5, 0.6) is 11.5 Å². The molecule has 1 aliphatic heterocycles. The summed E-state index contributed by atoms with van der Waals surface area (Å²) in [6, 6.07) is 10.7. The van der Waals surface area contributed by atoms with E-state index in [2.05, 4.69) is 5.32 Å². The van der Waals surface area contributed by atoms with Crippen LogP contribution in [0.1, 0.15) is 11.1 Å². The van der Waals surface area contributed by atoms with Crippen molar-refractivity contribution < 1.29 is 14.3 Å². The number of halogens is 2. The van der Waals surface area contributed by atoms with E-state index in [0.717, 1.165) is 16.9 Å². The average molecular weight is 338 g/mol. The van der Waals surface area contributed by atoms with E-state index >= 15 is 0 Å². The van der Waals surface area contributed by atoms with E-state index in [4.69, 9.17) is 32.7 Å². The third-order valence-corrected chi connectivity index (χ3v) is 3.88. The smallest absolute Gasteiger partial charge is 0.231 e. The summed E-state index contributed by atoms with van der Waals surface area (Å²) in [5, 5.41) is 3.90. The Bertz CT molecular complexity index is 719. The third-order valence-electron chi connectivity index (χ3n) is 3.29. The molecule has 0 saturated carbocycles. The first-order valence-electron chi connectivity index (χ1n) is 6.71. The molecule has 0 radical (unpaired) electrons. The predicted molar refractivity (Wildman–Crippen MR) is 84.6 cm³/mol. The Hall–Kier alpha value is -1.91. The standard InChI is InChI=1S/C16H13Cl2NO3/c17-12-3-2-11(13(18)7-12)6-16(20)19-8-10-1-4-14-15(5-10)22-9-21-14/h1-5,7H,6,8-9H2,(H,19,20). The van der Waals surface area contributed by atoms with E-state index in [9.17, 15) is 4.79 Å². The minimum absolute atomic E-state index is 0.109. The lowest BCUT2D eigenvalue weighted by molar-refractivity contribution is -0.120. The van der Waals surface area contributed by atoms with E-state index in [1.807, 2.05) is 18.2 Å². The fourth-order valence-electron chi connectivity index (χ4n) is 2.15. The topological polar surface area (TPSA) is 47.6 Å². The molecule has 3 rings (SSSR count). The van der Waals surface area contributed by atoms with Crippen LogP contribution in [0.3, 0.4) is 0 Å². The first-order chi connectivity index (χ1) is 10.6. The summed E-state index contributed by atoms with van der Waals surface area (Å²) >= 11 is 11.9. The molecule has 4 nitrogen and oxygen atoms in total. The molecule has 1 amide bonds. The molecule has 0 aromatic heterocycles. The van der Waals surface area contributed by atoms with Gasteiger partial charge in [0.25, 0.3) is 0 Å². The van der Waals surface area contributed by atoms with Crippen LogP contribution in [-0.2, 0) is 17.8 Å². The molecule has 114 valence electrons. The van der Waals surface area contributed by atoms with Crippen LogP contribution >= 0.6 is 23.2 Å². The van der Waals surface area contributed by atoms with Crippen LogP contribution in [0.2, 0.25) is 10.0 Å². The highest BCUT2D eigenvalue weighted by atomic mass is 35.5. The summed E-state index contributed by atoms with van der Waals surface area (Å²) in [7, 11) is 0. The Balaban J connectivity index is 1.58. The number of rotatable bonds is 4. The molecule has 22 heavy (non-hydrogen) atoms. The van der Waals surface area contributed by atoms with Crippen LogP contribution < -0.4 is 14.8 Å². The van der Waals surface area contributed by atoms with Gasteiger partial charge in [0, 0.05) is 16.6 Å². The van der Waals surface area contributed by atoms with Crippen molar-refractivity contribution >= 4 is 29.1 Å². The Morgan fingerprint density at radius 2 is 1.91 bits per heavy atom. The number of carbonyl (C=O) groups is 1. The highest BCUT2D eigenvalue weighted by Crippen LogP contribution is 2.32. The van der Waals surface area contributed by atoms with E-state index in [0.29, 0.717) is 22.3 Å². The summed E-state index contributed by atoms with van der Waals surface area (Å²) in [5.41, 5.74) is 1.69. The van der Waals surface area contributed by atoms with Gasteiger partial charge in [-0.3, -0.25) is 4.79 Å². The molecule has 1 aliphatic rings. The van der Waals surface area contributed by atoms with E-state index in [1.54, 1.807) is 18.2 Å². The van der Waals surface area contributed by atoms with Gasteiger partial charge in [-0.15, -0.1) is 0 Å². The molecule has 1 heterocycles. The largest absolute Gasteiger partial charge is 0.454 e. The van der Waals surface area contributed by atoms with Gasteiger partial charge in [-0.25, -0.2) is 0 Å². The summed E-state index contributed by atoms with van der Waals surface area (Å²) < 4.78 is 10.5. The normalized spacial score (nSPS) is 12.3. The molecule has 0 fully saturated rings. The predicted octanol–water partition coefficient (Wildman–Crippen LogP) is 3.58. The number of hydrogen-bond acceptors (Lipinski definition) is 3. The first-order valence-corrected chi connectivity index (χ1v) is 7.46. The van der Waals surface area contributed by atoms with Crippen LogP contribution in [0.25, 0.3) is 0 Å². The maximum atomic E-state index is 12.0. The molecule has 0 aliphatic carbocycles. The maximum absolute atomic E-state index is 12.0. The Morgan fingerprint density at radius 1 is 1.09 bits per heavy atom. The second kappa shape index (κ2) is 6.46. The van der Waals surface area contributed by atoms with Gasteiger partial charge in [0.15, 0.2) is 11.5 Å². The number of nitrogens with one attached hydrogen (secondary N) is 1. The molecule has 2 aromatic rings. The second-order valence-electron chi connectivity index (χ2n) is 4.88. The van der Waals surface area contributed by atoms with Crippen molar-refractivity contribution in [2.24, 2.45) is 0 Å². The van der Waals surface area contributed by atoms with Crippen molar-refractivity contribution in [3.8, 4) is 11.5 Å². The van der Waals surface area contributed by atoms with Crippen LogP contribution in [0, 0.1) is 0 Å². The van der Waals surface area contributed by atoms with Gasteiger partial charge in [0.1, 0.15) is 0 Å². The van der Waals surface area contributed by atoms with Gasteiger partial charge in [-0.1, -0.05) is 35.3 Å². The Labute approximate surface area is 137 Å². The maximum Gasteiger partial charge on any atom is 0.231 e. The quantitative estimate of drug-likeness (QED) is 0.927. The van der Waals surface area contributed by atoms with Gasteiger partial charge in [0.2, 0.25) is 12.7 Å². The highest BCUT2D eigenvalue weighted by molar-refractivity contribution is 6.35. The van der Waals surface area contributed by atoms with Crippen molar-refractivity contribution in [2.75, 3.05) is 6.79 Å². The van der Waals surface area contributed by atoms with Crippen LogP contribution in [-0.4, -0.2) is 12.7 Å². The van der Waals surface area contributed by atoms with Crippen LogP contribution in [0.4, 0.5) is 0 Å². The fourth-order valence-corrected chi connectivity index (χ4v) is 2.63. The zero-order chi connectivity index (χ0) is 15.5. The van der Waals surface area contributed by atoms with Crippen molar-refractivity contribution in [3.63, 3.8) is 0 Å². The van der Waals surface area contributed by atoms with Gasteiger partial charge in [-0.2, -0.15) is 0 Å². The second-order valence-corrected chi connectivity index (χ2v) is 5.72. The van der Waals surface area contributed by atoms with Gasteiger partial charge in [-0.05, 0) is 35.4 Å². The number of fused-ring (bicyclic) bond motifs is 1. The number of ether oxygens (including phenoxy) is 2. The molecule has 6 heteroatoms. The van der Waals surface area contributed by atoms with Gasteiger partial charge in [0.05, 0.1) is 6.42 Å². The van der Waals surface area contributed by atoms with E-state index in [-0.39, 0.29) is 19.1 Å². The lowest BCUT2D eigenvalue weighted by atomic mass is 10.1. The summed E-state index contributed by atoms with van der Waals surface area (Å²) in [6.07, 6.45) is 0.209. The Kier molecular flexibility index (Phi) is 4.41. The zero-order valence-electron chi connectivity index (χ0n) is 11.6. The number of benzene rings is 2. The summed E-state index contributed by atoms with van der Waals surface area (Å²) in [5.74, 6) is 1.32. The minimum atomic E-state index is -0.109. The molecule has 0 unspecified atom stereocenters. The van der Waals surface area contributed by atoms with E-state index in [1.165, 1.54) is 0 Å². The monoisotopic (exact) mass is 337 g/mol. The molecular formula is C16H13Cl2NO3. The number of hydrogen-bond donors (Lipinski definition) is 1. The van der Waals surface area contributed by atoms with Gasteiger partial charge < -0.3 is 14.8 Å². The first kappa shape index (κ1) is 15.0. The van der Waals surface area contributed by atoms with Crippen LogP contribution in [0.15, 0.2) is 36.4 Å². The summed E-state index contributed by atoms with van der Waals surface area (Å²) in [4.78, 5) is 12.0. The molecule has 1 N–H and O–H groups in total. The highest BCUT2D eigenvalue weighted by Gasteiger charge is 2.13. The lowest BCUT2D eigenvalue weighted by Gasteiger charge is -2.08. The minimum Gasteiger partial charge on any atom is -0.454 e. The van der Waals surface area contributed by atoms with Crippen molar-refractivity contribution in [2.45, 2.75) is 13.0 Å². The molecular weight excluding hydrogens is 325 g/mol. The fraction of sp³-hybridized carbons (Fsp3) is 0.188.